The van der Waals surface area contributed by atoms with E-state index in [9.17, 15) is 4.39 Å². The molecule has 0 amide bonds. The molecule has 0 radical (unpaired) electrons. The fourth-order valence-electron chi connectivity index (χ4n) is 1.99. The second-order valence-corrected chi connectivity index (χ2v) is 3.91. The molecule has 0 aliphatic rings. The van der Waals surface area contributed by atoms with E-state index in [1.165, 1.54) is 6.07 Å². The van der Waals surface area contributed by atoms with Gasteiger partial charge in [0.2, 0.25) is 0 Å². The van der Waals surface area contributed by atoms with Gasteiger partial charge < -0.3 is 0 Å². The van der Waals surface area contributed by atoms with Crippen LogP contribution in [0.25, 0.3) is 16.6 Å². The Balaban J connectivity index is 2.63. The normalized spacial score (nSPS) is 11.4. The molecular weight excluding hydrogens is 205 g/mol. The number of halogens is 1. The minimum absolute atomic E-state index is 0.273. The lowest BCUT2D eigenvalue weighted by Gasteiger charge is -1.99. The summed E-state index contributed by atoms with van der Waals surface area (Å²) in [6.45, 7) is 3.83. The minimum Gasteiger partial charge on any atom is -0.233 e. The molecule has 0 fully saturated rings. The highest BCUT2D eigenvalue weighted by atomic mass is 19.1. The molecule has 4 heteroatoms. The monoisotopic (exact) mass is 215 g/mol. The summed E-state index contributed by atoms with van der Waals surface area (Å²) in [6, 6.07) is 6.81. The molecule has 0 saturated carbocycles. The fourth-order valence-corrected chi connectivity index (χ4v) is 1.99. The van der Waals surface area contributed by atoms with Crippen molar-refractivity contribution < 1.29 is 4.39 Å². The lowest BCUT2D eigenvalue weighted by Crippen LogP contribution is -1.96. The van der Waals surface area contributed by atoms with E-state index in [4.69, 9.17) is 0 Å². The first-order chi connectivity index (χ1) is 7.66. The van der Waals surface area contributed by atoms with Crippen molar-refractivity contribution >= 4 is 16.6 Å². The van der Waals surface area contributed by atoms with Gasteiger partial charge in [-0.3, -0.25) is 0 Å². The largest absolute Gasteiger partial charge is 0.233 e. The van der Waals surface area contributed by atoms with Crippen molar-refractivity contribution in [3.8, 4) is 0 Å². The molecule has 0 aliphatic carbocycles. The number of hydrogen-bond acceptors (Lipinski definition) is 2. The van der Waals surface area contributed by atoms with Crippen LogP contribution < -0.4 is 0 Å². The Hall–Kier alpha value is -1.97. The average Bonchev–Trinajstić information content (AvgIpc) is 2.58. The van der Waals surface area contributed by atoms with Gasteiger partial charge in [0.25, 0.3) is 0 Å². The van der Waals surface area contributed by atoms with Crippen molar-refractivity contribution in [3.05, 3.63) is 41.5 Å². The Morgan fingerprint density at radius 2 is 2.06 bits per heavy atom. The fraction of sp³-hybridized carbons (Fsp3) is 0.167. The van der Waals surface area contributed by atoms with E-state index in [1.54, 1.807) is 16.6 Å². The predicted octanol–water partition coefficient (Wildman–Crippen LogP) is 2.64. The van der Waals surface area contributed by atoms with Crippen molar-refractivity contribution in [2.75, 3.05) is 0 Å². The van der Waals surface area contributed by atoms with Crippen LogP contribution in [0.2, 0.25) is 0 Å². The molecule has 2 aromatic heterocycles. The number of nitrogens with zero attached hydrogens (tertiary/aromatic N) is 3. The Labute approximate surface area is 91.5 Å². The molecule has 0 spiro atoms. The van der Waals surface area contributed by atoms with Gasteiger partial charge in [-0.25, -0.2) is 13.9 Å². The third kappa shape index (κ3) is 1.13. The number of aryl methyl sites for hydroxylation is 2. The van der Waals surface area contributed by atoms with E-state index in [0.717, 1.165) is 11.4 Å². The number of rotatable bonds is 0. The van der Waals surface area contributed by atoms with Crippen LogP contribution in [-0.2, 0) is 0 Å². The molecular formula is C12H10FN3. The molecule has 16 heavy (non-hydrogen) atoms. The number of fused-ring (bicyclic) bond motifs is 3. The SMILES string of the molecule is Cc1cc(C)n2nc3cccc(F)c3c2n1. The van der Waals surface area contributed by atoms with Gasteiger partial charge in [0.15, 0.2) is 5.65 Å². The molecule has 0 bridgehead atoms. The van der Waals surface area contributed by atoms with Crippen molar-refractivity contribution in [2.45, 2.75) is 13.8 Å². The van der Waals surface area contributed by atoms with Gasteiger partial charge in [0.05, 0.1) is 10.9 Å². The molecule has 0 atom stereocenters. The lowest BCUT2D eigenvalue weighted by molar-refractivity contribution is 0.640. The predicted molar refractivity (Wildman–Crippen MR) is 59.9 cm³/mol. The van der Waals surface area contributed by atoms with Crippen LogP contribution in [0, 0.1) is 19.7 Å². The standard InChI is InChI=1S/C12H10FN3/c1-7-6-8(2)16-12(14-7)11-9(13)4-3-5-10(11)15-16/h3-6H,1-2H3. The van der Waals surface area contributed by atoms with E-state index in [2.05, 4.69) is 10.1 Å². The Morgan fingerprint density at radius 3 is 2.88 bits per heavy atom. The Kier molecular flexibility index (Phi) is 1.74. The third-order valence-corrected chi connectivity index (χ3v) is 2.66. The van der Waals surface area contributed by atoms with E-state index < -0.39 is 0 Å². The molecule has 0 saturated heterocycles. The number of hydrogen-bond donors (Lipinski definition) is 0. The van der Waals surface area contributed by atoms with Crippen molar-refractivity contribution in [3.63, 3.8) is 0 Å². The van der Waals surface area contributed by atoms with Gasteiger partial charge in [-0.1, -0.05) is 6.07 Å². The first-order valence-corrected chi connectivity index (χ1v) is 5.08. The third-order valence-electron chi connectivity index (χ3n) is 2.66. The summed E-state index contributed by atoms with van der Waals surface area (Å²) in [5.74, 6) is -0.273. The lowest BCUT2D eigenvalue weighted by atomic mass is 10.2. The zero-order valence-electron chi connectivity index (χ0n) is 9.03. The molecule has 0 aliphatic heterocycles. The van der Waals surface area contributed by atoms with Gasteiger partial charge in [-0.2, -0.15) is 5.10 Å². The molecule has 1 aromatic carbocycles. The van der Waals surface area contributed by atoms with Crippen LogP contribution in [0.15, 0.2) is 24.3 Å². The van der Waals surface area contributed by atoms with Gasteiger partial charge in [-0.05, 0) is 32.0 Å². The second kappa shape index (κ2) is 3.01. The van der Waals surface area contributed by atoms with E-state index in [1.807, 2.05) is 19.9 Å². The topological polar surface area (TPSA) is 30.2 Å². The van der Waals surface area contributed by atoms with E-state index in [-0.39, 0.29) is 5.82 Å². The highest BCUT2D eigenvalue weighted by molar-refractivity contribution is 5.92. The summed E-state index contributed by atoms with van der Waals surface area (Å²) in [7, 11) is 0. The summed E-state index contributed by atoms with van der Waals surface area (Å²) in [5, 5.41) is 4.83. The van der Waals surface area contributed by atoms with Gasteiger partial charge in [0, 0.05) is 11.4 Å². The van der Waals surface area contributed by atoms with Gasteiger partial charge in [0.1, 0.15) is 5.82 Å². The van der Waals surface area contributed by atoms with Crippen LogP contribution >= 0.6 is 0 Å². The summed E-state index contributed by atoms with van der Waals surface area (Å²) in [4.78, 5) is 4.35. The minimum atomic E-state index is -0.273. The maximum atomic E-state index is 13.7. The summed E-state index contributed by atoms with van der Waals surface area (Å²) < 4.78 is 15.4. The smallest absolute Gasteiger partial charge is 0.166 e. The zero-order chi connectivity index (χ0) is 11.3. The Bertz CT molecular complexity index is 700. The molecule has 0 N–H and O–H groups in total. The summed E-state index contributed by atoms with van der Waals surface area (Å²) >= 11 is 0. The van der Waals surface area contributed by atoms with Crippen LogP contribution in [-0.4, -0.2) is 14.6 Å². The molecule has 3 rings (SSSR count). The molecule has 2 heterocycles. The molecule has 80 valence electrons. The molecule has 3 nitrogen and oxygen atoms in total. The van der Waals surface area contributed by atoms with Crippen LogP contribution in [0.3, 0.4) is 0 Å². The average molecular weight is 215 g/mol. The van der Waals surface area contributed by atoms with Gasteiger partial charge in [-0.15, -0.1) is 0 Å². The van der Waals surface area contributed by atoms with Crippen molar-refractivity contribution in [2.24, 2.45) is 0 Å². The second-order valence-electron chi connectivity index (χ2n) is 3.91. The maximum absolute atomic E-state index is 13.7. The highest BCUT2D eigenvalue weighted by Gasteiger charge is 2.11. The number of aromatic nitrogens is 3. The highest BCUT2D eigenvalue weighted by Crippen LogP contribution is 2.22. The zero-order valence-corrected chi connectivity index (χ0v) is 9.03. The van der Waals surface area contributed by atoms with Crippen LogP contribution in [0.1, 0.15) is 11.4 Å². The van der Waals surface area contributed by atoms with Crippen molar-refractivity contribution in [1.82, 2.24) is 14.6 Å². The van der Waals surface area contributed by atoms with Gasteiger partial charge >= 0.3 is 0 Å². The molecule has 3 aromatic rings. The summed E-state index contributed by atoms with van der Waals surface area (Å²) in [6.07, 6.45) is 0. The Morgan fingerprint density at radius 1 is 1.25 bits per heavy atom. The maximum Gasteiger partial charge on any atom is 0.166 e. The van der Waals surface area contributed by atoms with E-state index >= 15 is 0 Å². The van der Waals surface area contributed by atoms with E-state index in [0.29, 0.717) is 16.6 Å². The van der Waals surface area contributed by atoms with Crippen molar-refractivity contribution in [1.29, 1.82) is 0 Å². The molecule has 0 unspecified atom stereocenters. The first kappa shape index (κ1) is 9.27. The quantitative estimate of drug-likeness (QED) is 0.577. The van der Waals surface area contributed by atoms with Crippen LogP contribution in [0.5, 0.6) is 0 Å². The number of benzene rings is 1. The van der Waals surface area contributed by atoms with Crippen LogP contribution in [0.4, 0.5) is 4.39 Å². The summed E-state index contributed by atoms with van der Waals surface area (Å²) in [5.41, 5.74) is 3.06. The first-order valence-electron chi connectivity index (χ1n) is 5.08.